The molecule has 3 rings (SSSR count). The molecular formula is C25H31N3O6S. The maximum Gasteiger partial charge on any atom is 0.269 e. The maximum atomic E-state index is 13.4. The number of nitrogens with one attached hydrogen (secondary N) is 1. The molecule has 35 heavy (non-hydrogen) atoms. The summed E-state index contributed by atoms with van der Waals surface area (Å²) in [6.07, 6.45) is 0.875. The molecule has 0 spiro atoms. The fraction of sp³-hybridized carbons (Fsp3) is 0.400. The van der Waals surface area contributed by atoms with Crippen molar-refractivity contribution in [1.29, 1.82) is 0 Å². The van der Waals surface area contributed by atoms with Crippen molar-refractivity contribution in [2.75, 3.05) is 20.2 Å². The van der Waals surface area contributed by atoms with Gasteiger partial charge in [0.2, 0.25) is 11.8 Å². The number of amides is 3. The molecule has 1 aliphatic rings. The first kappa shape index (κ1) is 26.2. The Hall–Kier alpha value is -3.40. The summed E-state index contributed by atoms with van der Waals surface area (Å²) in [6.45, 7) is 4.06. The molecule has 10 heteroatoms. The van der Waals surface area contributed by atoms with Gasteiger partial charge in [-0.3, -0.25) is 14.4 Å². The van der Waals surface area contributed by atoms with Crippen LogP contribution in [0.1, 0.15) is 49.0 Å². The topological polar surface area (TPSA) is 113 Å². The van der Waals surface area contributed by atoms with E-state index in [1.807, 2.05) is 19.9 Å². The molecule has 0 bridgehead atoms. The second kappa shape index (κ2) is 11.4. The van der Waals surface area contributed by atoms with Crippen molar-refractivity contribution in [3.05, 3.63) is 59.7 Å². The van der Waals surface area contributed by atoms with Crippen LogP contribution in [0.2, 0.25) is 0 Å². The van der Waals surface area contributed by atoms with Gasteiger partial charge in [-0.2, -0.15) is 0 Å². The minimum atomic E-state index is -4.02. The van der Waals surface area contributed by atoms with Crippen LogP contribution in [-0.2, 0) is 26.2 Å². The lowest BCUT2D eigenvalue weighted by atomic mass is 10.1. The average Bonchev–Trinajstić information content (AvgIpc) is 3.06. The van der Waals surface area contributed by atoms with E-state index in [1.54, 1.807) is 37.4 Å². The van der Waals surface area contributed by atoms with E-state index in [-0.39, 0.29) is 35.9 Å². The van der Waals surface area contributed by atoms with E-state index in [9.17, 15) is 22.8 Å². The Bertz CT molecular complexity index is 1200. The fourth-order valence-electron chi connectivity index (χ4n) is 4.05. The summed E-state index contributed by atoms with van der Waals surface area (Å²) >= 11 is 0. The quantitative estimate of drug-likeness (QED) is 0.506. The predicted octanol–water partition coefficient (Wildman–Crippen LogP) is 2.56. The van der Waals surface area contributed by atoms with Crippen LogP contribution >= 0.6 is 0 Å². The Morgan fingerprint density at radius 2 is 1.86 bits per heavy atom. The molecule has 188 valence electrons. The number of hydrogen-bond donors (Lipinski definition) is 1. The molecule has 0 unspecified atom stereocenters. The first-order chi connectivity index (χ1) is 16.7. The average molecular weight is 502 g/mol. The molecule has 1 atom stereocenters. The molecule has 2 aromatic carbocycles. The highest BCUT2D eigenvalue weighted by Crippen LogP contribution is 2.30. The lowest BCUT2D eigenvalue weighted by Gasteiger charge is -2.31. The number of nitrogens with zero attached hydrogens (tertiary/aromatic N) is 2. The van der Waals surface area contributed by atoms with Gasteiger partial charge in [-0.05, 0) is 42.7 Å². The molecule has 0 aromatic heterocycles. The molecule has 2 aromatic rings. The Labute approximate surface area is 206 Å². The first-order valence-corrected chi connectivity index (χ1v) is 13.0. The lowest BCUT2D eigenvalue weighted by Crippen LogP contribution is -2.49. The SMILES string of the molecule is CCCNC(=O)[C@H](CC)N(Cc1cccc(OC)c1)C(=O)CCN1C(=O)c2ccccc2S1(=O)=O. The van der Waals surface area contributed by atoms with Crippen molar-refractivity contribution in [1.82, 2.24) is 14.5 Å². The van der Waals surface area contributed by atoms with Crippen LogP contribution in [0.15, 0.2) is 53.4 Å². The van der Waals surface area contributed by atoms with Gasteiger partial charge in [0.15, 0.2) is 0 Å². The number of methoxy groups -OCH3 is 1. The van der Waals surface area contributed by atoms with Gasteiger partial charge in [-0.1, -0.05) is 38.1 Å². The van der Waals surface area contributed by atoms with Crippen molar-refractivity contribution < 1.29 is 27.5 Å². The third-order valence-electron chi connectivity index (χ3n) is 5.86. The summed E-state index contributed by atoms with van der Waals surface area (Å²) in [6, 6.07) is 12.4. The zero-order chi connectivity index (χ0) is 25.6. The van der Waals surface area contributed by atoms with Crippen molar-refractivity contribution in [3.63, 3.8) is 0 Å². The summed E-state index contributed by atoms with van der Waals surface area (Å²) in [5, 5.41) is 2.84. The van der Waals surface area contributed by atoms with Gasteiger partial charge in [0.05, 0.1) is 12.7 Å². The van der Waals surface area contributed by atoms with Crippen LogP contribution in [0.25, 0.3) is 0 Å². The van der Waals surface area contributed by atoms with Crippen LogP contribution in [0.5, 0.6) is 5.75 Å². The van der Waals surface area contributed by atoms with Crippen molar-refractivity contribution in [2.24, 2.45) is 0 Å². The molecule has 0 saturated carbocycles. The second-order valence-corrected chi connectivity index (χ2v) is 10.0. The van der Waals surface area contributed by atoms with Gasteiger partial charge in [0.25, 0.3) is 15.9 Å². The predicted molar refractivity (Wildman–Crippen MR) is 130 cm³/mol. The number of rotatable bonds is 11. The third kappa shape index (κ3) is 5.64. The third-order valence-corrected chi connectivity index (χ3v) is 7.70. The van der Waals surface area contributed by atoms with Gasteiger partial charge < -0.3 is 15.0 Å². The molecule has 0 aliphatic carbocycles. The zero-order valence-electron chi connectivity index (χ0n) is 20.2. The minimum absolute atomic E-state index is 0.0592. The van der Waals surface area contributed by atoms with Crippen molar-refractivity contribution >= 4 is 27.7 Å². The number of fused-ring (bicyclic) bond motifs is 1. The van der Waals surface area contributed by atoms with Gasteiger partial charge in [-0.15, -0.1) is 0 Å². The van der Waals surface area contributed by atoms with Crippen LogP contribution in [0, 0.1) is 0 Å². The van der Waals surface area contributed by atoms with Crippen LogP contribution in [-0.4, -0.2) is 61.6 Å². The lowest BCUT2D eigenvalue weighted by molar-refractivity contribution is -0.141. The highest BCUT2D eigenvalue weighted by Gasteiger charge is 2.41. The molecule has 9 nitrogen and oxygen atoms in total. The molecule has 1 N–H and O–H groups in total. The molecule has 0 fully saturated rings. The highest BCUT2D eigenvalue weighted by atomic mass is 32.2. The van der Waals surface area contributed by atoms with Crippen molar-refractivity contribution in [3.8, 4) is 5.75 Å². The Morgan fingerprint density at radius 1 is 1.11 bits per heavy atom. The van der Waals surface area contributed by atoms with Gasteiger partial charge in [-0.25, -0.2) is 12.7 Å². The summed E-state index contributed by atoms with van der Waals surface area (Å²) < 4.78 is 31.7. The normalized spacial score (nSPS) is 14.8. The number of ether oxygens (including phenoxy) is 1. The number of sulfonamides is 1. The smallest absolute Gasteiger partial charge is 0.269 e. The molecule has 1 heterocycles. The van der Waals surface area contributed by atoms with Gasteiger partial charge >= 0.3 is 0 Å². The summed E-state index contributed by atoms with van der Waals surface area (Å²) in [4.78, 5) is 40.4. The number of benzene rings is 2. The van der Waals surface area contributed by atoms with E-state index in [0.717, 1.165) is 16.3 Å². The Balaban J connectivity index is 1.83. The monoisotopic (exact) mass is 501 g/mol. The standard InChI is InChI=1S/C25H31N3O6S/c1-4-14-26-24(30)21(5-2)27(17-18-9-8-10-19(16-18)34-3)23(29)13-15-28-25(31)20-11-6-7-12-22(20)35(28,32)33/h6-12,16,21H,4-5,13-15,17H2,1-3H3,(H,26,30)/t21-/m0/s1. The van der Waals surface area contributed by atoms with Gasteiger partial charge in [0.1, 0.15) is 16.7 Å². The minimum Gasteiger partial charge on any atom is -0.497 e. The van der Waals surface area contributed by atoms with Crippen molar-refractivity contribution in [2.45, 2.75) is 50.6 Å². The zero-order valence-corrected chi connectivity index (χ0v) is 21.0. The van der Waals surface area contributed by atoms with Gasteiger partial charge in [0, 0.05) is 26.1 Å². The number of hydrogen-bond acceptors (Lipinski definition) is 6. The molecule has 0 saturated heterocycles. The number of carbonyl (C=O) groups excluding carboxylic acids is 3. The van der Waals surface area contributed by atoms with E-state index in [1.165, 1.54) is 17.0 Å². The van der Waals surface area contributed by atoms with E-state index >= 15 is 0 Å². The summed E-state index contributed by atoms with van der Waals surface area (Å²) in [7, 11) is -2.48. The molecule has 0 radical (unpaired) electrons. The van der Waals surface area contributed by atoms with E-state index in [0.29, 0.717) is 18.7 Å². The first-order valence-electron chi connectivity index (χ1n) is 11.6. The second-order valence-electron chi connectivity index (χ2n) is 8.22. The molecule has 3 amide bonds. The number of carbonyl (C=O) groups is 3. The molecule has 1 aliphatic heterocycles. The van der Waals surface area contributed by atoms with Crippen LogP contribution < -0.4 is 10.1 Å². The summed E-state index contributed by atoms with van der Waals surface area (Å²) in [5.41, 5.74) is 0.857. The van der Waals surface area contributed by atoms with E-state index in [2.05, 4.69) is 5.32 Å². The molecular weight excluding hydrogens is 470 g/mol. The maximum absolute atomic E-state index is 13.4. The van der Waals surface area contributed by atoms with E-state index in [4.69, 9.17) is 4.74 Å². The highest BCUT2D eigenvalue weighted by molar-refractivity contribution is 7.90. The summed E-state index contributed by atoms with van der Waals surface area (Å²) in [5.74, 6) is -0.737. The largest absolute Gasteiger partial charge is 0.497 e. The fourth-order valence-corrected chi connectivity index (χ4v) is 5.62. The Kier molecular flexibility index (Phi) is 8.50. The van der Waals surface area contributed by atoms with Crippen LogP contribution in [0.4, 0.5) is 0 Å². The Morgan fingerprint density at radius 3 is 2.51 bits per heavy atom. The van der Waals surface area contributed by atoms with E-state index < -0.39 is 27.9 Å². The van der Waals surface area contributed by atoms with Crippen LogP contribution in [0.3, 0.4) is 0 Å².